The molecule has 1 saturated heterocycles. The van der Waals surface area contributed by atoms with Crippen molar-refractivity contribution in [1.29, 1.82) is 0 Å². The minimum absolute atomic E-state index is 0.173. The first-order chi connectivity index (χ1) is 14.9. The first kappa shape index (κ1) is 23.1. The number of carbonyl (C=O) groups is 2. The second kappa shape index (κ2) is 11.1. The number of urea groups is 1. The van der Waals surface area contributed by atoms with Gasteiger partial charge in [0.05, 0.1) is 18.8 Å². The van der Waals surface area contributed by atoms with E-state index in [0.717, 1.165) is 43.0 Å². The van der Waals surface area contributed by atoms with Crippen molar-refractivity contribution in [3.05, 3.63) is 52.5 Å². The van der Waals surface area contributed by atoms with E-state index in [1.165, 1.54) is 0 Å². The zero-order valence-electron chi connectivity index (χ0n) is 17.8. The van der Waals surface area contributed by atoms with E-state index in [1.807, 2.05) is 43.3 Å². The van der Waals surface area contributed by atoms with Gasteiger partial charge in [-0.1, -0.05) is 22.0 Å². The molecule has 1 aliphatic heterocycles. The molecule has 166 valence electrons. The fourth-order valence-corrected chi connectivity index (χ4v) is 3.69. The molecule has 0 aromatic heterocycles. The third-order valence-corrected chi connectivity index (χ3v) is 5.37. The van der Waals surface area contributed by atoms with Gasteiger partial charge in [0.2, 0.25) is 0 Å². The molecule has 3 rings (SSSR count). The minimum atomic E-state index is -0.380. The summed E-state index contributed by atoms with van der Waals surface area (Å²) in [5, 5.41) is 8.56. The molecule has 0 bridgehead atoms. The second-order valence-electron chi connectivity index (χ2n) is 7.43. The first-order valence-electron chi connectivity index (χ1n) is 10.2. The summed E-state index contributed by atoms with van der Waals surface area (Å²) in [5.41, 5.74) is 2.49. The Labute approximate surface area is 191 Å². The second-order valence-corrected chi connectivity index (χ2v) is 8.34. The maximum Gasteiger partial charge on any atom is 0.323 e. The number of nitrogens with zero attached hydrogens (tertiary/aromatic N) is 2. The average Bonchev–Trinajstić information content (AvgIpc) is 2.74. The van der Waals surface area contributed by atoms with Crippen molar-refractivity contribution in [2.75, 3.05) is 69.0 Å². The van der Waals surface area contributed by atoms with Crippen molar-refractivity contribution in [1.82, 2.24) is 10.2 Å². The summed E-state index contributed by atoms with van der Waals surface area (Å²) in [6.07, 6.45) is 0. The Kier molecular flexibility index (Phi) is 8.27. The van der Waals surface area contributed by atoms with Crippen LogP contribution in [0.15, 0.2) is 46.9 Å². The number of morpholine rings is 1. The summed E-state index contributed by atoms with van der Waals surface area (Å²) >= 11 is 3.38. The van der Waals surface area contributed by atoms with Gasteiger partial charge in [-0.3, -0.25) is 9.69 Å². The summed E-state index contributed by atoms with van der Waals surface area (Å²) in [7, 11) is 3.76. The Morgan fingerprint density at radius 2 is 1.77 bits per heavy atom. The van der Waals surface area contributed by atoms with Gasteiger partial charge in [0.15, 0.2) is 0 Å². The van der Waals surface area contributed by atoms with Crippen molar-refractivity contribution in [2.45, 2.75) is 0 Å². The Hall–Kier alpha value is -2.62. The number of halogens is 1. The highest BCUT2D eigenvalue weighted by atomic mass is 79.9. The Morgan fingerprint density at radius 1 is 1.06 bits per heavy atom. The average molecular weight is 490 g/mol. The van der Waals surface area contributed by atoms with Crippen LogP contribution in [0.5, 0.6) is 0 Å². The van der Waals surface area contributed by atoms with Crippen LogP contribution in [0.4, 0.5) is 21.9 Å². The number of nitrogens with one attached hydrogen (secondary N) is 3. The molecule has 0 radical (unpaired) electrons. The molecule has 9 heteroatoms. The van der Waals surface area contributed by atoms with Crippen LogP contribution in [0.1, 0.15) is 10.4 Å². The van der Waals surface area contributed by atoms with E-state index in [4.69, 9.17) is 4.74 Å². The maximum atomic E-state index is 12.9. The third-order valence-electron chi connectivity index (χ3n) is 4.88. The number of amides is 3. The van der Waals surface area contributed by atoms with Crippen molar-refractivity contribution < 1.29 is 14.3 Å². The summed E-state index contributed by atoms with van der Waals surface area (Å²) in [5.74, 6) is -0.173. The Morgan fingerprint density at radius 3 is 2.45 bits per heavy atom. The van der Waals surface area contributed by atoms with Gasteiger partial charge in [-0.15, -0.1) is 0 Å². The van der Waals surface area contributed by atoms with E-state index >= 15 is 0 Å². The van der Waals surface area contributed by atoms with Crippen LogP contribution in [0, 0.1) is 0 Å². The highest BCUT2D eigenvalue weighted by Crippen LogP contribution is 2.23. The molecule has 1 fully saturated rings. The monoisotopic (exact) mass is 489 g/mol. The van der Waals surface area contributed by atoms with Gasteiger partial charge >= 0.3 is 6.03 Å². The van der Waals surface area contributed by atoms with E-state index in [9.17, 15) is 9.59 Å². The maximum absolute atomic E-state index is 12.9. The zero-order valence-corrected chi connectivity index (χ0v) is 19.4. The highest BCUT2D eigenvalue weighted by Gasteiger charge is 2.16. The Bertz CT molecular complexity index is 916. The number of rotatable bonds is 7. The summed E-state index contributed by atoms with van der Waals surface area (Å²) < 4.78 is 6.22. The van der Waals surface area contributed by atoms with Gasteiger partial charge in [-0.2, -0.15) is 0 Å². The van der Waals surface area contributed by atoms with E-state index in [1.54, 1.807) is 18.2 Å². The lowest BCUT2D eigenvalue weighted by Crippen LogP contribution is -2.41. The van der Waals surface area contributed by atoms with Crippen molar-refractivity contribution in [3.8, 4) is 0 Å². The normalized spacial score (nSPS) is 14.0. The molecule has 0 spiro atoms. The van der Waals surface area contributed by atoms with Gasteiger partial charge in [0.1, 0.15) is 0 Å². The zero-order chi connectivity index (χ0) is 22.2. The van der Waals surface area contributed by atoms with E-state index in [2.05, 4.69) is 36.8 Å². The van der Waals surface area contributed by atoms with E-state index in [0.29, 0.717) is 23.5 Å². The number of ether oxygens (including phenoxy) is 1. The number of benzene rings is 2. The molecule has 1 aliphatic rings. The number of carbonyl (C=O) groups excluding carboxylic acids is 2. The molecule has 0 atom stereocenters. The smallest absolute Gasteiger partial charge is 0.323 e. The predicted molar refractivity (Wildman–Crippen MR) is 127 cm³/mol. The molecule has 8 nitrogen and oxygen atoms in total. The fourth-order valence-electron chi connectivity index (χ4n) is 3.29. The predicted octanol–water partition coefficient (Wildman–Crippen LogP) is 3.22. The molecule has 2 aromatic carbocycles. The van der Waals surface area contributed by atoms with Crippen molar-refractivity contribution in [2.24, 2.45) is 0 Å². The van der Waals surface area contributed by atoms with Crippen LogP contribution in [0.2, 0.25) is 0 Å². The summed E-state index contributed by atoms with van der Waals surface area (Å²) in [4.78, 5) is 29.4. The molecular weight excluding hydrogens is 462 g/mol. The molecule has 3 N–H and O–H groups in total. The van der Waals surface area contributed by atoms with Gasteiger partial charge in [-0.05, 0) is 36.4 Å². The van der Waals surface area contributed by atoms with E-state index < -0.39 is 0 Å². The SMILES string of the molecule is CN(C)c1ccc(NC(=O)Nc2cccc(Br)c2)cc1C(=O)NCCN1CCOCC1. The topological polar surface area (TPSA) is 85.9 Å². The molecule has 0 aliphatic carbocycles. The largest absolute Gasteiger partial charge is 0.379 e. The highest BCUT2D eigenvalue weighted by molar-refractivity contribution is 9.10. The van der Waals surface area contributed by atoms with Crippen LogP contribution in [0.25, 0.3) is 0 Å². The van der Waals surface area contributed by atoms with Gasteiger partial charge in [0, 0.05) is 61.8 Å². The summed E-state index contributed by atoms with van der Waals surface area (Å²) in [6.45, 7) is 4.55. The van der Waals surface area contributed by atoms with E-state index in [-0.39, 0.29) is 11.9 Å². The lowest BCUT2D eigenvalue weighted by Gasteiger charge is -2.26. The van der Waals surface area contributed by atoms with Crippen LogP contribution < -0.4 is 20.9 Å². The molecule has 3 amide bonds. The standard InChI is InChI=1S/C22H28BrN5O3/c1-27(2)20-7-6-18(26-22(30)25-17-5-3-4-16(23)14-17)15-19(20)21(29)24-8-9-28-10-12-31-13-11-28/h3-7,14-15H,8-13H2,1-2H3,(H,24,29)(H2,25,26,30). The number of hydrogen-bond acceptors (Lipinski definition) is 5. The van der Waals surface area contributed by atoms with Gasteiger partial charge in [-0.25, -0.2) is 4.79 Å². The van der Waals surface area contributed by atoms with Crippen LogP contribution >= 0.6 is 15.9 Å². The van der Waals surface area contributed by atoms with Gasteiger partial charge in [0.25, 0.3) is 5.91 Å². The van der Waals surface area contributed by atoms with Crippen LogP contribution in [-0.4, -0.2) is 70.3 Å². The quantitative estimate of drug-likeness (QED) is 0.555. The third kappa shape index (κ3) is 6.95. The van der Waals surface area contributed by atoms with Crippen LogP contribution in [-0.2, 0) is 4.74 Å². The lowest BCUT2D eigenvalue weighted by molar-refractivity contribution is 0.0383. The lowest BCUT2D eigenvalue weighted by atomic mass is 10.1. The fraction of sp³-hybridized carbons (Fsp3) is 0.364. The number of hydrogen-bond donors (Lipinski definition) is 3. The van der Waals surface area contributed by atoms with Crippen molar-refractivity contribution in [3.63, 3.8) is 0 Å². The molecule has 31 heavy (non-hydrogen) atoms. The van der Waals surface area contributed by atoms with Crippen LogP contribution in [0.3, 0.4) is 0 Å². The molecular formula is C22H28BrN5O3. The molecule has 0 saturated carbocycles. The molecule has 1 heterocycles. The van der Waals surface area contributed by atoms with Crippen molar-refractivity contribution >= 4 is 44.9 Å². The number of anilines is 3. The summed E-state index contributed by atoms with van der Waals surface area (Å²) in [6, 6.07) is 12.2. The van der Waals surface area contributed by atoms with Gasteiger partial charge < -0.3 is 25.6 Å². The Balaban J connectivity index is 1.63. The molecule has 2 aromatic rings. The minimum Gasteiger partial charge on any atom is -0.379 e. The molecule has 0 unspecified atom stereocenters. The first-order valence-corrected chi connectivity index (χ1v) is 10.9.